The highest BCUT2D eigenvalue weighted by Crippen LogP contribution is 2.29. The number of benzene rings is 1. The molecule has 0 aliphatic rings. The van der Waals surface area contributed by atoms with Gasteiger partial charge in [0.2, 0.25) is 0 Å². The van der Waals surface area contributed by atoms with Gasteiger partial charge < -0.3 is 15.9 Å². The first-order valence-corrected chi connectivity index (χ1v) is 4.59. The molecule has 0 spiro atoms. The summed E-state index contributed by atoms with van der Waals surface area (Å²) in [6.07, 6.45) is 1.82. The molecule has 0 amide bonds. The van der Waals surface area contributed by atoms with E-state index in [0.717, 1.165) is 12.1 Å². The summed E-state index contributed by atoms with van der Waals surface area (Å²) < 4.78 is 13.2. The lowest BCUT2D eigenvalue weighted by atomic mass is 10.0. The molecule has 17 heavy (non-hydrogen) atoms. The van der Waals surface area contributed by atoms with E-state index in [9.17, 15) is 14.3 Å². The molecular formula is C11H13ClFNO3. The molecule has 6 heteroatoms. The summed E-state index contributed by atoms with van der Waals surface area (Å²) in [6.45, 7) is 3.46. The smallest absolute Gasteiger partial charge is 0.335 e. The maximum Gasteiger partial charge on any atom is 0.335 e. The topological polar surface area (TPSA) is 83.6 Å². The largest absolute Gasteiger partial charge is 0.505 e. The minimum absolute atomic E-state index is 0. The van der Waals surface area contributed by atoms with Crippen LogP contribution in [0.5, 0.6) is 5.75 Å². The first-order chi connectivity index (χ1) is 7.47. The molecule has 1 aromatic rings. The van der Waals surface area contributed by atoms with Gasteiger partial charge in [-0.3, -0.25) is 0 Å². The van der Waals surface area contributed by atoms with E-state index in [1.54, 1.807) is 0 Å². The number of carboxylic acids is 1. The molecule has 0 unspecified atom stereocenters. The van der Waals surface area contributed by atoms with Crippen molar-refractivity contribution in [3.05, 3.63) is 41.7 Å². The molecule has 1 atom stereocenters. The highest BCUT2D eigenvalue weighted by molar-refractivity contribution is 5.88. The van der Waals surface area contributed by atoms with E-state index in [4.69, 9.17) is 10.8 Å². The van der Waals surface area contributed by atoms with Gasteiger partial charge in [-0.05, 0) is 18.6 Å². The van der Waals surface area contributed by atoms with Gasteiger partial charge >= 0.3 is 5.97 Å². The zero-order valence-electron chi connectivity index (χ0n) is 8.89. The minimum atomic E-state index is -1.27. The van der Waals surface area contributed by atoms with Gasteiger partial charge in [0.15, 0.2) is 11.6 Å². The van der Waals surface area contributed by atoms with E-state index in [-0.39, 0.29) is 23.5 Å². The maximum atomic E-state index is 13.2. The molecule has 1 aromatic carbocycles. The summed E-state index contributed by atoms with van der Waals surface area (Å²) in [5, 5.41) is 18.1. The van der Waals surface area contributed by atoms with Crippen LogP contribution in [0.25, 0.3) is 0 Å². The van der Waals surface area contributed by atoms with Crippen molar-refractivity contribution in [3.8, 4) is 5.75 Å². The lowest BCUT2D eigenvalue weighted by molar-refractivity contribution is 0.0696. The lowest BCUT2D eigenvalue weighted by Gasteiger charge is -2.12. The summed E-state index contributed by atoms with van der Waals surface area (Å²) in [6, 6.07) is 1.24. The number of nitrogens with two attached hydrogens (primary N) is 1. The van der Waals surface area contributed by atoms with E-state index in [1.165, 1.54) is 6.08 Å². The van der Waals surface area contributed by atoms with Crippen molar-refractivity contribution in [2.75, 3.05) is 0 Å². The molecule has 0 aliphatic carbocycles. The second-order valence-electron chi connectivity index (χ2n) is 3.33. The van der Waals surface area contributed by atoms with Gasteiger partial charge in [0.25, 0.3) is 0 Å². The number of halogens is 2. The standard InChI is InChI=1S/C11H12FNO3.ClH/c1-2-3-9(13)7-4-6(11(15)16)5-8(12)10(7)14;/h2,4-5,9,14H,1,3,13H2,(H,15,16);1H/t9-;/m1./s1. The zero-order valence-corrected chi connectivity index (χ0v) is 9.71. The van der Waals surface area contributed by atoms with Gasteiger partial charge in [0, 0.05) is 11.6 Å². The fraction of sp³-hybridized carbons (Fsp3) is 0.182. The van der Waals surface area contributed by atoms with Crippen molar-refractivity contribution in [1.29, 1.82) is 0 Å². The quantitative estimate of drug-likeness (QED) is 0.726. The van der Waals surface area contributed by atoms with Crippen LogP contribution < -0.4 is 5.73 Å². The fourth-order valence-electron chi connectivity index (χ4n) is 1.33. The number of carbonyl (C=O) groups is 1. The fourth-order valence-corrected chi connectivity index (χ4v) is 1.33. The number of phenolic OH excluding ortho intramolecular Hbond substituents is 1. The van der Waals surface area contributed by atoms with E-state index < -0.39 is 23.6 Å². The van der Waals surface area contributed by atoms with Crippen LogP contribution in [0.3, 0.4) is 0 Å². The van der Waals surface area contributed by atoms with Crippen LogP contribution >= 0.6 is 12.4 Å². The number of hydrogen-bond acceptors (Lipinski definition) is 3. The molecule has 0 fully saturated rings. The molecule has 0 saturated heterocycles. The Kier molecular flexibility index (Phi) is 5.64. The molecule has 0 bridgehead atoms. The van der Waals surface area contributed by atoms with Crippen molar-refractivity contribution >= 4 is 18.4 Å². The molecule has 0 heterocycles. The van der Waals surface area contributed by atoms with Gasteiger partial charge in [-0.1, -0.05) is 6.08 Å². The van der Waals surface area contributed by atoms with Gasteiger partial charge in [0.1, 0.15) is 0 Å². The Morgan fingerprint density at radius 3 is 2.65 bits per heavy atom. The number of aromatic hydroxyl groups is 1. The van der Waals surface area contributed by atoms with Crippen LogP contribution in [0.4, 0.5) is 4.39 Å². The molecule has 0 saturated carbocycles. The van der Waals surface area contributed by atoms with Crippen molar-refractivity contribution in [2.24, 2.45) is 5.73 Å². The van der Waals surface area contributed by atoms with Crippen LogP contribution in [0.1, 0.15) is 28.4 Å². The molecule has 1 rings (SSSR count). The third kappa shape index (κ3) is 3.44. The second kappa shape index (κ2) is 6.22. The van der Waals surface area contributed by atoms with Crippen LogP contribution in [0.2, 0.25) is 0 Å². The number of aromatic carboxylic acids is 1. The zero-order chi connectivity index (χ0) is 12.3. The number of hydrogen-bond donors (Lipinski definition) is 3. The predicted molar refractivity (Wildman–Crippen MR) is 64.0 cm³/mol. The maximum absolute atomic E-state index is 13.2. The first-order valence-electron chi connectivity index (χ1n) is 4.59. The Hall–Kier alpha value is -1.59. The van der Waals surface area contributed by atoms with E-state index in [0.29, 0.717) is 6.42 Å². The van der Waals surface area contributed by atoms with Crippen molar-refractivity contribution < 1.29 is 19.4 Å². The molecule has 0 aliphatic heterocycles. The molecular weight excluding hydrogens is 249 g/mol. The SMILES string of the molecule is C=CC[C@@H](N)c1cc(C(=O)O)cc(F)c1O.Cl. The molecule has 4 N–H and O–H groups in total. The van der Waals surface area contributed by atoms with Crippen molar-refractivity contribution in [3.63, 3.8) is 0 Å². The van der Waals surface area contributed by atoms with Crippen LogP contribution in [0, 0.1) is 5.82 Å². The number of carboxylic acid groups (broad SMARTS) is 1. The van der Waals surface area contributed by atoms with E-state index in [2.05, 4.69) is 6.58 Å². The number of phenols is 1. The molecule has 0 radical (unpaired) electrons. The first kappa shape index (κ1) is 15.4. The minimum Gasteiger partial charge on any atom is -0.505 e. The predicted octanol–water partition coefficient (Wildman–Crippen LogP) is 2.23. The highest BCUT2D eigenvalue weighted by Gasteiger charge is 2.17. The highest BCUT2D eigenvalue weighted by atomic mass is 35.5. The van der Waals surface area contributed by atoms with Crippen molar-refractivity contribution in [2.45, 2.75) is 12.5 Å². The summed E-state index contributed by atoms with van der Waals surface area (Å²) >= 11 is 0. The summed E-state index contributed by atoms with van der Waals surface area (Å²) in [5.74, 6) is -2.88. The van der Waals surface area contributed by atoms with Crippen LogP contribution in [-0.4, -0.2) is 16.2 Å². The lowest BCUT2D eigenvalue weighted by Crippen LogP contribution is -2.11. The normalized spacial score (nSPS) is 11.4. The van der Waals surface area contributed by atoms with Crippen LogP contribution in [0.15, 0.2) is 24.8 Å². The Bertz CT molecular complexity index is 437. The van der Waals surface area contributed by atoms with E-state index >= 15 is 0 Å². The van der Waals surface area contributed by atoms with Gasteiger partial charge in [-0.25, -0.2) is 9.18 Å². The Morgan fingerprint density at radius 2 is 2.18 bits per heavy atom. The van der Waals surface area contributed by atoms with Crippen molar-refractivity contribution in [1.82, 2.24) is 0 Å². The van der Waals surface area contributed by atoms with E-state index in [1.807, 2.05) is 0 Å². The average Bonchev–Trinajstić information content (AvgIpc) is 2.21. The summed E-state index contributed by atoms with van der Waals surface area (Å²) in [5.41, 5.74) is 5.47. The average molecular weight is 262 g/mol. The third-order valence-corrected chi connectivity index (χ3v) is 2.16. The second-order valence-corrected chi connectivity index (χ2v) is 3.33. The van der Waals surface area contributed by atoms with Crippen LogP contribution in [-0.2, 0) is 0 Å². The molecule has 94 valence electrons. The third-order valence-electron chi connectivity index (χ3n) is 2.16. The molecule has 0 aromatic heterocycles. The van der Waals surface area contributed by atoms with Gasteiger partial charge in [0.05, 0.1) is 5.56 Å². The Morgan fingerprint density at radius 1 is 1.59 bits per heavy atom. The Labute approximate surface area is 104 Å². The summed E-state index contributed by atoms with van der Waals surface area (Å²) in [4.78, 5) is 10.7. The monoisotopic (exact) mass is 261 g/mol. The van der Waals surface area contributed by atoms with Gasteiger partial charge in [-0.15, -0.1) is 19.0 Å². The summed E-state index contributed by atoms with van der Waals surface area (Å²) in [7, 11) is 0. The molecule has 4 nitrogen and oxygen atoms in total. The Balaban J connectivity index is 0.00000256. The number of rotatable bonds is 4. The van der Waals surface area contributed by atoms with Gasteiger partial charge in [-0.2, -0.15) is 0 Å².